The molecular weight excluding hydrogens is 242 g/mol. The number of carbonyl (C=O) groups is 1. The maximum Gasteiger partial charge on any atom is 0.238 e. The lowest BCUT2D eigenvalue weighted by Gasteiger charge is -2.26. The number of amides is 1. The SMILES string of the molecule is C=CC[C@H]1SCC(=O)N1c1ccccc1C(C)C. The topological polar surface area (TPSA) is 20.3 Å². The summed E-state index contributed by atoms with van der Waals surface area (Å²) in [5.74, 6) is 1.20. The Hall–Kier alpha value is -1.22. The van der Waals surface area contributed by atoms with Gasteiger partial charge < -0.3 is 0 Å². The van der Waals surface area contributed by atoms with Crippen LogP contribution in [0, 0.1) is 0 Å². The summed E-state index contributed by atoms with van der Waals surface area (Å²) < 4.78 is 0. The highest BCUT2D eigenvalue weighted by Crippen LogP contribution is 2.36. The van der Waals surface area contributed by atoms with Crippen molar-refractivity contribution in [2.75, 3.05) is 10.7 Å². The van der Waals surface area contributed by atoms with Crippen LogP contribution in [0.3, 0.4) is 0 Å². The van der Waals surface area contributed by atoms with Gasteiger partial charge in [-0.05, 0) is 24.0 Å². The van der Waals surface area contributed by atoms with E-state index in [1.54, 1.807) is 11.8 Å². The molecule has 2 nitrogen and oxygen atoms in total. The van der Waals surface area contributed by atoms with Gasteiger partial charge in [0.2, 0.25) is 5.91 Å². The molecule has 18 heavy (non-hydrogen) atoms. The number of benzene rings is 1. The number of anilines is 1. The molecule has 1 amide bonds. The minimum absolute atomic E-state index is 0.204. The van der Waals surface area contributed by atoms with E-state index in [2.05, 4.69) is 32.6 Å². The first-order chi connectivity index (χ1) is 8.65. The van der Waals surface area contributed by atoms with Gasteiger partial charge in [0.25, 0.3) is 0 Å². The molecule has 0 N–H and O–H groups in total. The maximum atomic E-state index is 12.1. The molecular formula is C15H19NOS. The summed E-state index contributed by atoms with van der Waals surface area (Å²) >= 11 is 1.70. The Balaban J connectivity index is 2.39. The predicted molar refractivity (Wildman–Crippen MR) is 79.1 cm³/mol. The van der Waals surface area contributed by atoms with Crippen molar-refractivity contribution in [3.63, 3.8) is 0 Å². The second kappa shape index (κ2) is 5.61. The second-order valence-electron chi connectivity index (χ2n) is 4.77. The van der Waals surface area contributed by atoms with Crippen molar-refractivity contribution in [1.29, 1.82) is 0 Å². The lowest BCUT2D eigenvalue weighted by Crippen LogP contribution is -2.33. The number of para-hydroxylation sites is 1. The Labute approximate surface area is 113 Å². The molecule has 3 heteroatoms. The van der Waals surface area contributed by atoms with Gasteiger partial charge in [0, 0.05) is 5.69 Å². The van der Waals surface area contributed by atoms with E-state index < -0.39 is 0 Å². The van der Waals surface area contributed by atoms with Gasteiger partial charge in [0.1, 0.15) is 0 Å². The van der Waals surface area contributed by atoms with E-state index in [0.29, 0.717) is 11.7 Å². The van der Waals surface area contributed by atoms with E-state index in [9.17, 15) is 4.79 Å². The summed E-state index contributed by atoms with van der Waals surface area (Å²) in [6.07, 6.45) is 2.73. The first kappa shape index (κ1) is 13.2. The van der Waals surface area contributed by atoms with Gasteiger partial charge in [-0.2, -0.15) is 0 Å². The van der Waals surface area contributed by atoms with Crippen LogP contribution in [0.25, 0.3) is 0 Å². The fraction of sp³-hybridized carbons (Fsp3) is 0.400. The highest BCUT2D eigenvalue weighted by atomic mass is 32.2. The number of thioether (sulfide) groups is 1. The van der Waals surface area contributed by atoms with E-state index in [4.69, 9.17) is 0 Å². The molecule has 1 aromatic rings. The Morgan fingerprint density at radius 1 is 1.50 bits per heavy atom. The molecule has 0 spiro atoms. The van der Waals surface area contributed by atoms with Gasteiger partial charge in [-0.25, -0.2) is 0 Å². The molecule has 96 valence electrons. The van der Waals surface area contributed by atoms with Gasteiger partial charge >= 0.3 is 0 Å². The fourth-order valence-electron chi connectivity index (χ4n) is 2.27. The summed E-state index contributed by atoms with van der Waals surface area (Å²) in [6, 6.07) is 8.20. The third-order valence-corrected chi connectivity index (χ3v) is 4.34. The van der Waals surface area contributed by atoms with Crippen LogP contribution in [0.2, 0.25) is 0 Å². The van der Waals surface area contributed by atoms with Crippen LogP contribution in [0.5, 0.6) is 0 Å². The zero-order chi connectivity index (χ0) is 13.1. The monoisotopic (exact) mass is 261 g/mol. The molecule has 1 heterocycles. The number of hydrogen-bond donors (Lipinski definition) is 0. The molecule has 1 saturated heterocycles. The van der Waals surface area contributed by atoms with Gasteiger partial charge in [0.05, 0.1) is 11.1 Å². The second-order valence-corrected chi connectivity index (χ2v) is 5.93. The van der Waals surface area contributed by atoms with Gasteiger partial charge in [-0.15, -0.1) is 18.3 Å². The van der Waals surface area contributed by atoms with E-state index in [-0.39, 0.29) is 11.3 Å². The summed E-state index contributed by atoms with van der Waals surface area (Å²) in [5.41, 5.74) is 2.30. The average molecular weight is 261 g/mol. The van der Waals surface area contributed by atoms with Crippen LogP contribution < -0.4 is 4.90 Å². The number of hydrogen-bond acceptors (Lipinski definition) is 2. The molecule has 0 aliphatic carbocycles. The van der Waals surface area contributed by atoms with Crippen LogP contribution in [-0.2, 0) is 4.79 Å². The molecule has 1 atom stereocenters. The van der Waals surface area contributed by atoms with E-state index >= 15 is 0 Å². The molecule has 1 aromatic carbocycles. The van der Waals surface area contributed by atoms with Gasteiger partial charge in [-0.3, -0.25) is 9.69 Å². The smallest absolute Gasteiger partial charge is 0.238 e. The lowest BCUT2D eigenvalue weighted by molar-refractivity contribution is -0.115. The van der Waals surface area contributed by atoms with Crippen LogP contribution >= 0.6 is 11.8 Å². The Bertz CT molecular complexity index is 456. The average Bonchev–Trinajstić information content (AvgIpc) is 2.71. The van der Waals surface area contributed by atoms with Crippen molar-refractivity contribution in [3.8, 4) is 0 Å². The normalized spacial score (nSPS) is 19.6. The number of nitrogens with zero attached hydrogens (tertiary/aromatic N) is 1. The lowest BCUT2D eigenvalue weighted by atomic mass is 10.0. The van der Waals surface area contributed by atoms with Crippen molar-refractivity contribution in [3.05, 3.63) is 42.5 Å². The van der Waals surface area contributed by atoms with Gasteiger partial charge in [-0.1, -0.05) is 38.1 Å². The molecule has 0 unspecified atom stereocenters. The van der Waals surface area contributed by atoms with Gasteiger partial charge in [0.15, 0.2) is 0 Å². The number of carbonyl (C=O) groups excluding carboxylic acids is 1. The fourth-order valence-corrected chi connectivity index (χ4v) is 3.40. The van der Waals surface area contributed by atoms with E-state index in [1.807, 2.05) is 23.1 Å². The molecule has 1 aliphatic heterocycles. The van der Waals surface area contributed by atoms with Crippen molar-refractivity contribution in [1.82, 2.24) is 0 Å². The zero-order valence-corrected chi connectivity index (χ0v) is 11.7. The van der Waals surface area contributed by atoms with E-state index in [1.165, 1.54) is 5.56 Å². The summed E-state index contributed by atoms with van der Waals surface area (Å²) in [4.78, 5) is 14.1. The van der Waals surface area contributed by atoms with Crippen LogP contribution in [0.4, 0.5) is 5.69 Å². The largest absolute Gasteiger partial charge is 0.299 e. The number of rotatable bonds is 4. The van der Waals surface area contributed by atoms with E-state index in [0.717, 1.165) is 12.1 Å². The first-order valence-corrected chi connectivity index (χ1v) is 7.33. The highest BCUT2D eigenvalue weighted by molar-refractivity contribution is 8.01. The molecule has 0 aromatic heterocycles. The van der Waals surface area contributed by atoms with Crippen molar-refractivity contribution >= 4 is 23.4 Å². The minimum atomic E-state index is 0.204. The van der Waals surface area contributed by atoms with Crippen molar-refractivity contribution in [2.45, 2.75) is 31.6 Å². The first-order valence-electron chi connectivity index (χ1n) is 6.28. The summed E-state index contributed by atoms with van der Waals surface area (Å²) in [7, 11) is 0. The summed E-state index contributed by atoms with van der Waals surface area (Å²) in [6.45, 7) is 8.11. The minimum Gasteiger partial charge on any atom is -0.299 e. The van der Waals surface area contributed by atoms with Crippen molar-refractivity contribution < 1.29 is 4.79 Å². The molecule has 2 rings (SSSR count). The summed E-state index contributed by atoms with van der Waals surface area (Å²) in [5, 5.41) is 0.204. The Morgan fingerprint density at radius 2 is 2.22 bits per heavy atom. The Morgan fingerprint density at radius 3 is 2.89 bits per heavy atom. The molecule has 0 bridgehead atoms. The van der Waals surface area contributed by atoms with Crippen LogP contribution in [0.15, 0.2) is 36.9 Å². The Kier molecular flexibility index (Phi) is 4.12. The molecule has 0 radical (unpaired) electrons. The standard InChI is InChI=1S/C15H19NOS/c1-4-7-15-16(14(17)10-18-15)13-9-6-5-8-12(13)11(2)3/h4-6,8-9,11,15H,1,7,10H2,2-3H3/t15-/m1/s1. The molecule has 1 aliphatic rings. The van der Waals surface area contributed by atoms with Crippen LogP contribution in [0.1, 0.15) is 31.7 Å². The molecule has 1 fully saturated rings. The molecule has 0 saturated carbocycles. The van der Waals surface area contributed by atoms with Crippen molar-refractivity contribution in [2.24, 2.45) is 0 Å². The third kappa shape index (κ3) is 2.46. The predicted octanol–water partition coefficient (Wildman–Crippen LogP) is 3.79. The quantitative estimate of drug-likeness (QED) is 0.769. The maximum absolute atomic E-state index is 12.1. The third-order valence-electron chi connectivity index (χ3n) is 3.14. The highest BCUT2D eigenvalue weighted by Gasteiger charge is 2.33. The van der Waals surface area contributed by atoms with Crippen LogP contribution in [-0.4, -0.2) is 17.0 Å². The zero-order valence-electron chi connectivity index (χ0n) is 10.9.